The number of nitrogens with zero attached hydrogens (tertiary/aromatic N) is 7. The summed E-state index contributed by atoms with van der Waals surface area (Å²) in [6.45, 7) is 3.60. The van der Waals surface area contributed by atoms with Crippen molar-refractivity contribution in [1.29, 1.82) is 0 Å². The number of anilines is 3. The van der Waals surface area contributed by atoms with E-state index >= 15 is 0 Å². The van der Waals surface area contributed by atoms with E-state index < -0.39 is 24.4 Å². The number of hydrogen-bond acceptors (Lipinski definition) is 11. The van der Waals surface area contributed by atoms with Crippen molar-refractivity contribution in [1.82, 2.24) is 29.8 Å². The van der Waals surface area contributed by atoms with Crippen LogP contribution in [0.25, 0.3) is 17.1 Å². The van der Waals surface area contributed by atoms with Gasteiger partial charge in [0.05, 0.1) is 24.7 Å². The van der Waals surface area contributed by atoms with Gasteiger partial charge in [0.15, 0.2) is 11.4 Å². The molecule has 1 atom stereocenters. The molecule has 5 rings (SSSR count). The molecule has 1 amide bonds. The van der Waals surface area contributed by atoms with E-state index in [-0.39, 0.29) is 18.1 Å². The quantitative estimate of drug-likeness (QED) is 0.216. The van der Waals surface area contributed by atoms with Crippen molar-refractivity contribution in [3.8, 4) is 11.5 Å². The number of piperazine rings is 1. The fraction of sp³-hybridized carbons (Fsp3) is 0.385. The van der Waals surface area contributed by atoms with Crippen molar-refractivity contribution in [2.45, 2.75) is 6.10 Å². The lowest BCUT2D eigenvalue weighted by Crippen LogP contribution is -2.48. The van der Waals surface area contributed by atoms with Crippen LogP contribution in [0.5, 0.6) is 0 Å². The highest BCUT2D eigenvalue weighted by atomic mass is 19.1. The number of hydrogen-bond donors (Lipinski definition) is 4. The second-order valence-corrected chi connectivity index (χ2v) is 9.62. The molecule has 40 heavy (non-hydrogen) atoms. The molecule has 13 nitrogen and oxygen atoms in total. The standard InChI is InChI=1S/C26H32FN9O4/c1-33(26-30-23-14-20(22-3-2-12-40-22)32-36(23)25(28)31-26)6-7-34-8-10-35(11-9-34)21-5-4-17(13-19(21)27)24(39)29-15-18(38)16-37/h2-5,12-14,18,37-38H,6-11,15-16H2,1H3,(H,29,39)(H2,28,30,31). The number of benzene rings is 1. The molecule has 1 saturated heterocycles. The molecule has 0 spiro atoms. The zero-order chi connectivity index (χ0) is 28.2. The third kappa shape index (κ3) is 5.98. The van der Waals surface area contributed by atoms with Crippen molar-refractivity contribution in [2.24, 2.45) is 0 Å². The number of halogens is 1. The first kappa shape index (κ1) is 27.3. The van der Waals surface area contributed by atoms with Gasteiger partial charge in [0.25, 0.3) is 5.91 Å². The van der Waals surface area contributed by atoms with Gasteiger partial charge in [-0.3, -0.25) is 9.69 Å². The Kier molecular flexibility index (Phi) is 8.09. The maximum Gasteiger partial charge on any atom is 0.251 e. The van der Waals surface area contributed by atoms with Crippen molar-refractivity contribution in [3.63, 3.8) is 0 Å². The van der Waals surface area contributed by atoms with Crippen LogP contribution in [-0.2, 0) is 0 Å². The zero-order valence-electron chi connectivity index (χ0n) is 22.1. The van der Waals surface area contributed by atoms with E-state index in [1.807, 2.05) is 22.9 Å². The molecule has 0 bridgehead atoms. The molecule has 0 saturated carbocycles. The summed E-state index contributed by atoms with van der Waals surface area (Å²) in [6, 6.07) is 9.75. The number of aliphatic hydroxyl groups excluding tert-OH is 2. The first-order valence-electron chi connectivity index (χ1n) is 12.9. The molecular formula is C26H32FN9O4. The van der Waals surface area contributed by atoms with Gasteiger partial charge in [0.1, 0.15) is 11.5 Å². The summed E-state index contributed by atoms with van der Waals surface area (Å²) in [5.74, 6) is 0.347. The summed E-state index contributed by atoms with van der Waals surface area (Å²) in [5, 5.41) is 25.1. The lowest BCUT2D eigenvalue weighted by atomic mass is 10.1. The fourth-order valence-electron chi connectivity index (χ4n) is 4.50. The number of aliphatic hydroxyl groups is 2. The van der Waals surface area contributed by atoms with Crippen LogP contribution in [0.3, 0.4) is 0 Å². The molecule has 0 radical (unpaired) electrons. The SMILES string of the molecule is CN(CCN1CCN(c2ccc(C(=O)NCC(O)CO)cc2F)CC1)c1nc(N)n2nc(-c3ccco3)cc2n1. The number of nitrogens with one attached hydrogen (secondary N) is 1. The average molecular weight is 554 g/mol. The van der Waals surface area contributed by atoms with E-state index in [1.165, 1.54) is 10.6 Å². The Bertz CT molecular complexity index is 1450. The van der Waals surface area contributed by atoms with Crippen molar-refractivity contribution in [2.75, 3.05) is 75.0 Å². The van der Waals surface area contributed by atoms with Gasteiger partial charge >= 0.3 is 0 Å². The van der Waals surface area contributed by atoms with Gasteiger partial charge in [-0.2, -0.15) is 19.6 Å². The van der Waals surface area contributed by atoms with Crippen LogP contribution in [0.15, 0.2) is 47.1 Å². The molecule has 0 aliphatic carbocycles. The Morgan fingerprint density at radius 3 is 2.73 bits per heavy atom. The smallest absolute Gasteiger partial charge is 0.251 e. The predicted octanol–water partition coefficient (Wildman–Crippen LogP) is 0.447. The normalized spacial score (nSPS) is 14.9. The maximum atomic E-state index is 14.9. The molecule has 1 aliphatic heterocycles. The molecule has 3 aromatic heterocycles. The highest BCUT2D eigenvalue weighted by Crippen LogP contribution is 2.23. The fourth-order valence-corrected chi connectivity index (χ4v) is 4.50. The molecule has 4 heterocycles. The Morgan fingerprint density at radius 2 is 2.02 bits per heavy atom. The molecule has 1 aliphatic rings. The van der Waals surface area contributed by atoms with Crippen molar-refractivity contribution < 1.29 is 23.8 Å². The van der Waals surface area contributed by atoms with Gasteiger partial charge < -0.3 is 35.5 Å². The van der Waals surface area contributed by atoms with Gasteiger partial charge in [-0.25, -0.2) is 4.39 Å². The maximum absolute atomic E-state index is 14.9. The number of carbonyl (C=O) groups excluding carboxylic acids is 1. The Labute approximate surface area is 229 Å². The van der Waals surface area contributed by atoms with E-state index in [1.54, 1.807) is 30.5 Å². The Morgan fingerprint density at radius 1 is 1.23 bits per heavy atom. The molecule has 5 N–H and O–H groups in total. The van der Waals surface area contributed by atoms with Gasteiger partial charge in [0, 0.05) is 64.5 Å². The Balaban J connectivity index is 1.14. The van der Waals surface area contributed by atoms with Crippen LogP contribution in [0.1, 0.15) is 10.4 Å². The number of nitrogen functional groups attached to an aromatic ring is 1. The molecular weight excluding hydrogens is 521 g/mol. The number of fused-ring (bicyclic) bond motifs is 1. The summed E-state index contributed by atoms with van der Waals surface area (Å²) < 4.78 is 21.8. The second kappa shape index (κ2) is 11.9. The van der Waals surface area contributed by atoms with Crippen LogP contribution in [0.4, 0.5) is 22.0 Å². The third-order valence-corrected chi connectivity index (χ3v) is 6.84. The molecule has 1 aromatic carbocycles. The van der Waals surface area contributed by atoms with Crippen LogP contribution in [0.2, 0.25) is 0 Å². The molecule has 1 unspecified atom stereocenters. The highest BCUT2D eigenvalue weighted by molar-refractivity contribution is 5.94. The summed E-state index contributed by atoms with van der Waals surface area (Å²) >= 11 is 0. The van der Waals surface area contributed by atoms with Gasteiger partial charge in [-0.05, 0) is 30.3 Å². The van der Waals surface area contributed by atoms with E-state index in [4.69, 9.17) is 15.3 Å². The van der Waals surface area contributed by atoms with Crippen LogP contribution in [-0.4, -0.2) is 106 Å². The lowest BCUT2D eigenvalue weighted by molar-refractivity contribution is 0.0801. The highest BCUT2D eigenvalue weighted by Gasteiger charge is 2.21. The first-order chi connectivity index (χ1) is 19.3. The minimum Gasteiger partial charge on any atom is -0.463 e. The molecule has 212 valence electrons. The number of furan rings is 1. The van der Waals surface area contributed by atoms with E-state index in [2.05, 4.69) is 25.3 Å². The summed E-state index contributed by atoms with van der Waals surface area (Å²) in [6.07, 6.45) is 0.521. The van der Waals surface area contributed by atoms with Crippen LogP contribution < -0.4 is 20.9 Å². The van der Waals surface area contributed by atoms with E-state index in [9.17, 15) is 14.3 Å². The third-order valence-electron chi connectivity index (χ3n) is 6.84. The largest absolute Gasteiger partial charge is 0.463 e. The van der Waals surface area contributed by atoms with Crippen molar-refractivity contribution >= 4 is 29.1 Å². The van der Waals surface area contributed by atoms with E-state index in [0.29, 0.717) is 48.4 Å². The van der Waals surface area contributed by atoms with Gasteiger partial charge in [0.2, 0.25) is 11.9 Å². The minimum absolute atomic E-state index is 0.111. The lowest BCUT2D eigenvalue weighted by Gasteiger charge is -2.36. The van der Waals surface area contributed by atoms with Crippen molar-refractivity contribution in [3.05, 3.63) is 54.0 Å². The Hall–Kier alpha value is -4.27. The average Bonchev–Trinajstić information content (AvgIpc) is 3.65. The molecule has 4 aromatic rings. The predicted molar refractivity (Wildman–Crippen MR) is 147 cm³/mol. The number of nitrogens with two attached hydrogens (primary N) is 1. The number of rotatable bonds is 10. The molecule has 1 fully saturated rings. The van der Waals surface area contributed by atoms with Gasteiger partial charge in [-0.1, -0.05) is 0 Å². The molecule has 14 heteroatoms. The summed E-state index contributed by atoms with van der Waals surface area (Å²) in [5.41, 5.74) is 7.93. The summed E-state index contributed by atoms with van der Waals surface area (Å²) in [7, 11) is 1.91. The van der Waals surface area contributed by atoms with Crippen LogP contribution >= 0.6 is 0 Å². The number of amides is 1. The topological polar surface area (TPSA) is 162 Å². The number of likely N-dealkylation sites (N-methyl/N-ethyl adjacent to an activating group) is 1. The monoisotopic (exact) mass is 553 g/mol. The number of aromatic nitrogens is 4. The summed E-state index contributed by atoms with van der Waals surface area (Å²) in [4.78, 5) is 27.4. The first-order valence-corrected chi connectivity index (χ1v) is 12.9. The zero-order valence-corrected chi connectivity index (χ0v) is 22.1. The van der Waals surface area contributed by atoms with Gasteiger partial charge in [-0.15, -0.1) is 0 Å². The second-order valence-electron chi connectivity index (χ2n) is 9.62. The minimum atomic E-state index is -1.06. The number of carbonyl (C=O) groups is 1. The van der Waals surface area contributed by atoms with E-state index in [0.717, 1.165) is 19.6 Å². The van der Waals surface area contributed by atoms with Crippen LogP contribution in [0, 0.1) is 5.82 Å².